The largest absolute Gasteiger partial charge is 0.310 e. The summed E-state index contributed by atoms with van der Waals surface area (Å²) in [5.41, 5.74) is 3.52. The molecule has 0 fully saturated rings. The molecule has 1 aliphatic heterocycles. The maximum atomic E-state index is 12.6. The van der Waals surface area contributed by atoms with Crippen LogP contribution in [0.15, 0.2) is 29.7 Å². The Balaban J connectivity index is 1.88. The third kappa shape index (κ3) is 1.50. The maximum Gasteiger partial charge on any atom is 0.237 e. The van der Waals surface area contributed by atoms with Crippen LogP contribution in [0, 0.1) is 11.8 Å². The van der Waals surface area contributed by atoms with E-state index in [1.165, 1.54) is 6.33 Å². The number of nitrogens with one attached hydrogen (secondary N) is 1. The number of fused-ring (bicyclic) bond motifs is 3. The van der Waals surface area contributed by atoms with E-state index in [1.54, 1.807) is 12.1 Å². The van der Waals surface area contributed by atoms with E-state index in [9.17, 15) is 9.70 Å². The molecule has 1 aromatic carbocycles. The minimum Gasteiger partial charge on any atom is -0.310 e. The third-order valence-corrected chi connectivity index (χ3v) is 4.46. The summed E-state index contributed by atoms with van der Waals surface area (Å²) in [6.45, 7) is 1.89. The van der Waals surface area contributed by atoms with Crippen LogP contribution in [-0.4, -0.2) is 15.9 Å². The van der Waals surface area contributed by atoms with Gasteiger partial charge in [0.05, 0.1) is 5.41 Å². The Morgan fingerprint density at radius 1 is 1.24 bits per heavy atom. The van der Waals surface area contributed by atoms with Crippen molar-refractivity contribution in [1.82, 2.24) is 9.97 Å². The Bertz CT molecular complexity index is 802. The molecular formula is C15H12N4O2. The van der Waals surface area contributed by atoms with Gasteiger partial charge in [-0.3, -0.25) is 4.79 Å². The van der Waals surface area contributed by atoms with Gasteiger partial charge < -0.3 is 5.32 Å². The number of nitrogens with zero attached hydrogens (tertiary/aromatic N) is 3. The van der Waals surface area contributed by atoms with Crippen LogP contribution in [0.2, 0.25) is 0 Å². The highest BCUT2D eigenvalue weighted by molar-refractivity contribution is 6.06. The normalized spacial score (nSPS) is 22.0. The van der Waals surface area contributed by atoms with Crippen molar-refractivity contribution in [1.29, 1.82) is 0 Å². The van der Waals surface area contributed by atoms with Crippen molar-refractivity contribution in [2.24, 2.45) is 5.18 Å². The molecule has 1 unspecified atom stereocenters. The minimum atomic E-state index is -0.648. The average molecular weight is 280 g/mol. The molecule has 0 saturated carbocycles. The van der Waals surface area contributed by atoms with Crippen molar-refractivity contribution in [3.8, 4) is 0 Å². The first kappa shape index (κ1) is 12.1. The van der Waals surface area contributed by atoms with Crippen LogP contribution in [0.3, 0.4) is 0 Å². The van der Waals surface area contributed by atoms with Gasteiger partial charge in [0.2, 0.25) is 5.91 Å². The van der Waals surface area contributed by atoms with Crippen LogP contribution in [0.25, 0.3) is 0 Å². The summed E-state index contributed by atoms with van der Waals surface area (Å²) in [6, 6.07) is 5.33. The number of carbonyl (C=O) groups is 1. The fourth-order valence-corrected chi connectivity index (χ4v) is 3.54. The lowest BCUT2D eigenvalue weighted by atomic mass is 9.78. The molecule has 0 bridgehead atoms. The van der Waals surface area contributed by atoms with Crippen LogP contribution in [0.5, 0.6) is 0 Å². The first-order valence-corrected chi connectivity index (χ1v) is 6.73. The summed E-state index contributed by atoms with van der Waals surface area (Å²) in [5.74, 6) is 0.562. The number of carbonyl (C=O) groups excluding carboxylic acids is 1. The predicted molar refractivity (Wildman–Crippen MR) is 76.4 cm³/mol. The van der Waals surface area contributed by atoms with E-state index in [1.807, 2.05) is 13.0 Å². The zero-order valence-corrected chi connectivity index (χ0v) is 11.4. The number of hydrogen-bond acceptors (Lipinski definition) is 5. The van der Waals surface area contributed by atoms with Crippen LogP contribution < -0.4 is 5.32 Å². The highest BCUT2D eigenvalue weighted by Gasteiger charge is 2.52. The van der Waals surface area contributed by atoms with Crippen molar-refractivity contribution in [3.63, 3.8) is 0 Å². The Kier molecular flexibility index (Phi) is 2.28. The molecule has 21 heavy (non-hydrogen) atoms. The molecule has 1 aliphatic carbocycles. The summed E-state index contributed by atoms with van der Waals surface area (Å²) >= 11 is 0. The number of aromatic nitrogens is 2. The number of hydrogen-bond donors (Lipinski definition) is 1. The van der Waals surface area contributed by atoms with Crippen molar-refractivity contribution < 1.29 is 4.79 Å². The molecule has 1 N–H and O–H groups in total. The summed E-state index contributed by atoms with van der Waals surface area (Å²) in [5, 5.41) is 5.83. The van der Waals surface area contributed by atoms with E-state index >= 15 is 0 Å². The van der Waals surface area contributed by atoms with Crippen LogP contribution in [0.1, 0.15) is 22.4 Å². The molecule has 2 aliphatic rings. The minimum absolute atomic E-state index is 0.0436. The Labute approximate surface area is 120 Å². The van der Waals surface area contributed by atoms with Gasteiger partial charge in [-0.2, -0.15) is 0 Å². The van der Waals surface area contributed by atoms with Gasteiger partial charge in [0.15, 0.2) is 0 Å². The highest BCUT2D eigenvalue weighted by atomic mass is 16.3. The fraction of sp³-hybridized carbons (Fsp3) is 0.267. The number of amides is 1. The molecule has 1 aromatic heterocycles. The van der Waals surface area contributed by atoms with E-state index in [-0.39, 0.29) is 5.91 Å². The van der Waals surface area contributed by atoms with Crippen LogP contribution >= 0.6 is 0 Å². The fourth-order valence-electron chi connectivity index (χ4n) is 3.54. The maximum absolute atomic E-state index is 12.6. The van der Waals surface area contributed by atoms with Gasteiger partial charge >= 0.3 is 0 Å². The molecule has 6 heteroatoms. The van der Waals surface area contributed by atoms with Gasteiger partial charge in [-0.15, -0.1) is 4.91 Å². The molecule has 2 aromatic rings. The van der Waals surface area contributed by atoms with Crippen molar-refractivity contribution in [3.05, 3.63) is 51.8 Å². The Morgan fingerprint density at radius 2 is 2.05 bits per heavy atom. The van der Waals surface area contributed by atoms with Gasteiger partial charge in [0.1, 0.15) is 17.8 Å². The van der Waals surface area contributed by atoms with E-state index in [0.717, 1.165) is 22.4 Å². The van der Waals surface area contributed by atoms with Crippen molar-refractivity contribution >= 4 is 17.4 Å². The zero-order valence-electron chi connectivity index (χ0n) is 11.4. The monoisotopic (exact) mass is 280 g/mol. The van der Waals surface area contributed by atoms with Gasteiger partial charge in [0, 0.05) is 11.3 Å². The second-order valence-electron chi connectivity index (χ2n) is 5.62. The zero-order chi connectivity index (χ0) is 14.6. The number of anilines is 1. The van der Waals surface area contributed by atoms with Crippen LogP contribution in [0.4, 0.5) is 11.5 Å². The lowest BCUT2D eigenvalue weighted by molar-refractivity contribution is -0.120. The molecule has 104 valence electrons. The smallest absolute Gasteiger partial charge is 0.237 e. The number of benzene rings is 1. The molecule has 6 nitrogen and oxygen atoms in total. The molecule has 0 saturated heterocycles. The molecule has 1 spiro atoms. The molecule has 0 radical (unpaired) electrons. The second-order valence-corrected chi connectivity index (χ2v) is 5.62. The van der Waals surface area contributed by atoms with E-state index < -0.39 is 5.41 Å². The summed E-state index contributed by atoms with van der Waals surface area (Å²) in [7, 11) is 0. The third-order valence-electron chi connectivity index (χ3n) is 4.46. The average Bonchev–Trinajstić information content (AvgIpc) is 2.98. The quantitative estimate of drug-likeness (QED) is 0.811. The summed E-state index contributed by atoms with van der Waals surface area (Å²) in [4.78, 5) is 31.7. The molecule has 1 amide bonds. The summed E-state index contributed by atoms with van der Waals surface area (Å²) < 4.78 is 0. The first-order valence-electron chi connectivity index (χ1n) is 6.73. The first-order chi connectivity index (χ1) is 10.1. The SMILES string of the molecule is Cc1ncnc2c1C1(Cc3ccc(N=O)cc3C1)C(=O)N2. The lowest BCUT2D eigenvalue weighted by Gasteiger charge is -2.21. The number of rotatable bonds is 1. The van der Waals surface area contributed by atoms with Gasteiger partial charge in [-0.05, 0) is 48.2 Å². The van der Waals surface area contributed by atoms with Gasteiger partial charge in [-0.25, -0.2) is 9.97 Å². The second kappa shape index (κ2) is 3.94. The van der Waals surface area contributed by atoms with Gasteiger partial charge in [-0.1, -0.05) is 6.07 Å². The Morgan fingerprint density at radius 3 is 2.86 bits per heavy atom. The van der Waals surface area contributed by atoms with Gasteiger partial charge in [0.25, 0.3) is 0 Å². The highest BCUT2D eigenvalue weighted by Crippen LogP contribution is 2.47. The lowest BCUT2D eigenvalue weighted by Crippen LogP contribution is -2.35. The molecule has 4 rings (SSSR count). The number of nitroso groups, excluding NO2 is 1. The Hall–Kier alpha value is -2.63. The van der Waals surface area contributed by atoms with E-state index in [4.69, 9.17) is 0 Å². The predicted octanol–water partition coefficient (Wildman–Crippen LogP) is 2.17. The standard InChI is InChI=1S/C15H12N4O2/c1-8-12-13(17-7-16-8)18-14(20)15(12)5-9-2-3-11(19-21)4-10(9)6-15/h2-4,7H,5-6H2,1H3,(H,16,17,18,20). The summed E-state index contributed by atoms with van der Waals surface area (Å²) in [6.07, 6.45) is 2.62. The molecular weight excluding hydrogens is 268 g/mol. The molecule has 1 atom stereocenters. The molecule has 2 heterocycles. The van der Waals surface area contributed by atoms with Crippen molar-refractivity contribution in [2.75, 3.05) is 5.32 Å². The van der Waals surface area contributed by atoms with Crippen LogP contribution in [-0.2, 0) is 23.1 Å². The topological polar surface area (TPSA) is 84.3 Å². The van der Waals surface area contributed by atoms with E-state index in [2.05, 4.69) is 20.5 Å². The number of aryl methyl sites for hydroxylation is 1. The van der Waals surface area contributed by atoms with Crippen molar-refractivity contribution in [2.45, 2.75) is 25.2 Å². The van der Waals surface area contributed by atoms with E-state index in [0.29, 0.717) is 24.3 Å².